The highest BCUT2D eigenvalue weighted by Crippen LogP contribution is 2.51. The lowest BCUT2D eigenvalue weighted by Gasteiger charge is -2.43. The average molecular weight is 448 g/mol. The molecule has 0 amide bonds. The Morgan fingerprint density at radius 3 is 2.79 bits per heavy atom. The molecule has 0 bridgehead atoms. The summed E-state index contributed by atoms with van der Waals surface area (Å²) in [5.41, 5.74) is 3.44. The molecule has 150 valence electrons. The predicted octanol–water partition coefficient (Wildman–Crippen LogP) is 5.50. The second-order valence-corrected chi connectivity index (χ2v) is 7.99. The molecule has 0 unspecified atom stereocenters. The van der Waals surface area contributed by atoms with Crippen LogP contribution in [0.2, 0.25) is 0 Å². The summed E-state index contributed by atoms with van der Waals surface area (Å²) in [6.45, 7) is 3.36. The van der Waals surface area contributed by atoms with Crippen LogP contribution in [0.25, 0.3) is 0 Å². The van der Waals surface area contributed by atoms with Crippen molar-refractivity contribution in [2.24, 2.45) is 5.92 Å². The van der Waals surface area contributed by atoms with Crippen molar-refractivity contribution in [1.82, 2.24) is 0 Å². The Hall–Kier alpha value is -1.92. The van der Waals surface area contributed by atoms with Crippen molar-refractivity contribution in [2.75, 3.05) is 32.8 Å². The van der Waals surface area contributed by atoms with E-state index in [9.17, 15) is 0 Å². The van der Waals surface area contributed by atoms with E-state index in [-0.39, 0.29) is 12.1 Å². The van der Waals surface area contributed by atoms with Gasteiger partial charge in [-0.1, -0.05) is 0 Å². The highest BCUT2D eigenvalue weighted by Gasteiger charge is 2.40. The smallest absolute Gasteiger partial charge is 0.174 e. The van der Waals surface area contributed by atoms with Crippen LogP contribution in [-0.4, -0.2) is 27.4 Å². The van der Waals surface area contributed by atoms with Gasteiger partial charge in [0.15, 0.2) is 11.5 Å². The molecule has 28 heavy (non-hydrogen) atoms. The van der Waals surface area contributed by atoms with E-state index in [1.165, 1.54) is 5.56 Å². The molecule has 0 radical (unpaired) electrons. The SMILES string of the molecule is CCOc1cc([C@@H]2Nc3ccc(OC)cc3[C@H]3OCCC[C@H]32)cc(Br)c1OC. The second-order valence-electron chi connectivity index (χ2n) is 7.14. The van der Waals surface area contributed by atoms with Crippen molar-refractivity contribution >= 4 is 21.6 Å². The van der Waals surface area contributed by atoms with Gasteiger partial charge in [0.05, 0.1) is 37.4 Å². The first-order chi connectivity index (χ1) is 13.7. The van der Waals surface area contributed by atoms with Gasteiger partial charge < -0.3 is 24.3 Å². The molecule has 1 fully saturated rings. The highest BCUT2D eigenvalue weighted by atomic mass is 79.9. The lowest BCUT2D eigenvalue weighted by Crippen LogP contribution is -2.36. The molecule has 2 heterocycles. The van der Waals surface area contributed by atoms with E-state index in [1.54, 1.807) is 14.2 Å². The van der Waals surface area contributed by atoms with E-state index in [2.05, 4.69) is 45.5 Å². The van der Waals surface area contributed by atoms with E-state index >= 15 is 0 Å². The second kappa shape index (κ2) is 8.21. The van der Waals surface area contributed by atoms with Gasteiger partial charge in [0, 0.05) is 23.8 Å². The molecule has 3 atom stereocenters. The van der Waals surface area contributed by atoms with Gasteiger partial charge in [-0.05, 0) is 71.6 Å². The first kappa shape index (κ1) is 19.4. The summed E-state index contributed by atoms with van der Waals surface area (Å²) in [6, 6.07) is 10.5. The highest BCUT2D eigenvalue weighted by molar-refractivity contribution is 9.10. The van der Waals surface area contributed by atoms with Crippen LogP contribution in [0.4, 0.5) is 5.69 Å². The molecule has 1 saturated heterocycles. The molecule has 0 aliphatic carbocycles. The van der Waals surface area contributed by atoms with E-state index in [1.807, 2.05) is 13.0 Å². The third kappa shape index (κ3) is 3.44. The van der Waals surface area contributed by atoms with Gasteiger partial charge >= 0.3 is 0 Å². The Morgan fingerprint density at radius 1 is 1.18 bits per heavy atom. The number of fused-ring (bicyclic) bond motifs is 3. The molecule has 2 aromatic rings. The first-order valence-corrected chi connectivity index (χ1v) is 10.5. The minimum Gasteiger partial charge on any atom is -0.497 e. The number of ether oxygens (including phenoxy) is 4. The number of hydrogen-bond acceptors (Lipinski definition) is 5. The van der Waals surface area contributed by atoms with Gasteiger partial charge in [-0.2, -0.15) is 0 Å². The number of hydrogen-bond donors (Lipinski definition) is 1. The Morgan fingerprint density at radius 2 is 2.04 bits per heavy atom. The van der Waals surface area contributed by atoms with Crippen LogP contribution in [0, 0.1) is 5.92 Å². The topological polar surface area (TPSA) is 49.0 Å². The van der Waals surface area contributed by atoms with Crippen LogP contribution in [0.1, 0.15) is 43.0 Å². The standard InChI is InChI=1S/C22H26BrNO4/c1-4-27-19-11-13(10-17(23)22(19)26-3)20-15-6-5-9-28-21(15)16-12-14(25-2)7-8-18(16)24-20/h7-8,10-12,15,20-21,24H,4-6,9H2,1-3H3/t15-,20-,21-/m0/s1. The fraction of sp³-hybridized carbons (Fsp3) is 0.455. The van der Waals surface area contributed by atoms with E-state index in [0.29, 0.717) is 12.5 Å². The first-order valence-electron chi connectivity index (χ1n) is 9.72. The van der Waals surface area contributed by atoms with E-state index in [0.717, 1.165) is 52.4 Å². The van der Waals surface area contributed by atoms with Gasteiger partial charge in [-0.25, -0.2) is 0 Å². The quantitative estimate of drug-likeness (QED) is 0.655. The number of nitrogens with one attached hydrogen (secondary N) is 1. The zero-order valence-electron chi connectivity index (χ0n) is 16.5. The molecule has 0 saturated carbocycles. The van der Waals surface area contributed by atoms with Crippen molar-refractivity contribution < 1.29 is 18.9 Å². The zero-order chi connectivity index (χ0) is 19.7. The molecular weight excluding hydrogens is 422 g/mol. The molecular formula is C22H26BrNO4. The third-order valence-electron chi connectivity index (χ3n) is 5.57. The number of anilines is 1. The average Bonchev–Trinajstić information content (AvgIpc) is 2.73. The summed E-state index contributed by atoms with van der Waals surface area (Å²) in [7, 11) is 3.36. The number of halogens is 1. The lowest BCUT2D eigenvalue weighted by atomic mass is 9.77. The maximum atomic E-state index is 6.25. The molecule has 2 aromatic carbocycles. The summed E-state index contributed by atoms with van der Waals surface area (Å²) < 4.78 is 24.0. The molecule has 4 rings (SSSR count). The van der Waals surface area contributed by atoms with Crippen LogP contribution in [-0.2, 0) is 4.74 Å². The summed E-state index contributed by atoms with van der Waals surface area (Å²) in [6.07, 6.45) is 2.22. The molecule has 5 nitrogen and oxygen atoms in total. The van der Waals surface area contributed by atoms with Crippen molar-refractivity contribution in [3.8, 4) is 17.2 Å². The Balaban J connectivity index is 1.77. The van der Waals surface area contributed by atoms with Crippen molar-refractivity contribution in [2.45, 2.75) is 31.9 Å². The van der Waals surface area contributed by atoms with Gasteiger partial charge in [-0.15, -0.1) is 0 Å². The maximum Gasteiger partial charge on any atom is 0.174 e. The summed E-state index contributed by atoms with van der Waals surface area (Å²) in [5.74, 6) is 2.67. The predicted molar refractivity (Wildman–Crippen MR) is 113 cm³/mol. The molecule has 0 spiro atoms. The Bertz CT molecular complexity index is 857. The van der Waals surface area contributed by atoms with Crippen LogP contribution < -0.4 is 19.5 Å². The van der Waals surface area contributed by atoms with Gasteiger partial charge in [0.1, 0.15) is 5.75 Å². The zero-order valence-corrected chi connectivity index (χ0v) is 18.0. The summed E-state index contributed by atoms with van der Waals surface area (Å²) in [4.78, 5) is 0. The molecule has 1 N–H and O–H groups in total. The Kier molecular flexibility index (Phi) is 5.69. The van der Waals surface area contributed by atoms with Gasteiger partial charge in [-0.3, -0.25) is 0 Å². The number of methoxy groups -OCH3 is 2. The maximum absolute atomic E-state index is 6.25. The van der Waals surface area contributed by atoms with Crippen LogP contribution >= 0.6 is 15.9 Å². The molecule has 2 aliphatic rings. The molecule has 6 heteroatoms. The van der Waals surface area contributed by atoms with E-state index in [4.69, 9.17) is 18.9 Å². The number of benzene rings is 2. The van der Waals surface area contributed by atoms with Crippen LogP contribution in [0.15, 0.2) is 34.8 Å². The van der Waals surface area contributed by atoms with Crippen LogP contribution in [0.3, 0.4) is 0 Å². The Labute approximate surface area is 174 Å². The minimum atomic E-state index is 0.0570. The summed E-state index contributed by atoms with van der Waals surface area (Å²) in [5, 5.41) is 3.75. The van der Waals surface area contributed by atoms with Crippen molar-refractivity contribution in [3.63, 3.8) is 0 Å². The van der Waals surface area contributed by atoms with Crippen molar-refractivity contribution in [1.29, 1.82) is 0 Å². The fourth-order valence-corrected chi connectivity index (χ4v) is 4.96. The number of rotatable bonds is 5. The minimum absolute atomic E-state index is 0.0570. The van der Waals surface area contributed by atoms with E-state index < -0.39 is 0 Å². The molecule has 2 aliphatic heterocycles. The summed E-state index contributed by atoms with van der Waals surface area (Å²) >= 11 is 3.65. The third-order valence-corrected chi connectivity index (χ3v) is 6.16. The fourth-order valence-electron chi connectivity index (χ4n) is 4.33. The largest absolute Gasteiger partial charge is 0.497 e. The normalized spacial score (nSPS) is 23.2. The van der Waals surface area contributed by atoms with Crippen molar-refractivity contribution in [3.05, 3.63) is 45.9 Å². The van der Waals surface area contributed by atoms with Crippen LogP contribution in [0.5, 0.6) is 17.2 Å². The monoisotopic (exact) mass is 447 g/mol. The lowest BCUT2D eigenvalue weighted by molar-refractivity contribution is -0.0382. The molecule has 0 aromatic heterocycles. The van der Waals surface area contributed by atoms with Gasteiger partial charge in [0.2, 0.25) is 0 Å². The van der Waals surface area contributed by atoms with Gasteiger partial charge in [0.25, 0.3) is 0 Å².